The van der Waals surface area contributed by atoms with Gasteiger partial charge in [-0.25, -0.2) is 8.78 Å². The van der Waals surface area contributed by atoms with Crippen LogP contribution in [-0.2, 0) is 0 Å². The molecule has 8 heteroatoms. The molecule has 0 fully saturated rings. The van der Waals surface area contributed by atoms with Gasteiger partial charge in [-0.3, -0.25) is 9.98 Å². The molecule has 8 aromatic carbocycles. The molecule has 67 heavy (non-hydrogen) atoms. The van der Waals surface area contributed by atoms with Crippen molar-refractivity contribution in [3.63, 3.8) is 0 Å². The fourth-order valence-electron chi connectivity index (χ4n) is 8.77. The molecule has 2 N–H and O–H groups in total. The summed E-state index contributed by atoms with van der Waals surface area (Å²) in [5.41, 5.74) is 11.5. The van der Waals surface area contributed by atoms with Gasteiger partial charge in [0.15, 0.2) is 0 Å². The lowest BCUT2D eigenvalue weighted by atomic mass is 9.92. The Hall–Kier alpha value is -7.84. The first kappa shape index (κ1) is 45.7. The maximum Gasteiger partial charge on any atom is 0.131 e. The highest BCUT2D eigenvalue weighted by Crippen LogP contribution is 2.42. The van der Waals surface area contributed by atoms with Crippen LogP contribution in [0.4, 0.5) is 42.9 Å². The van der Waals surface area contributed by atoms with Gasteiger partial charge < -0.3 is 20.0 Å². The van der Waals surface area contributed by atoms with Crippen molar-refractivity contribution >= 4 is 46.6 Å². The summed E-state index contributed by atoms with van der Waals surface area (Å²) < 4.78 is 32.0. The molecule has 0 heterocycles. The van der Waals surface area contributed by atoms with E-state index < -0.39 is 17.0 Å². The smallest absolute Gasteiger partial charge is 0.131 e. The van der Waals surface area contributed by atoms with Crippen LogP contribution in [0.25, 0.3) is 22.3 Å². The minimum atomic E-state index is -0.469. The predicted octanol–water partition coefficient (Wildman–Crippen LogP) is 15.4. The number of halogens is 2. The van der Waals surface area contributed by atoms with Crippen LogP contribution >= 0.6 is 0 Å². The quantitative estimate of drug-likeness (QED) is 0.107. The Bertz CT molecular complexity index is 2750. The minimum Gasteiger partial charge on any atom is -0.507 e. The second kappa shape index (κ2) is 19.7. The summed E-state index contributed by atoms with van der Waals surface area (Å²) in [5, 5.41) is 22.3. The van der Waals surface area contributed by atoms with E-state index in [1.807, 2.05) is 139 Å². The highest BCUT2D eigenvalue weighted by molar-refractivity contribution is 5.89. The van der Waals surface area contributed by atoms with E-state index in [9.17, 15) is 10.2 Å². The Morgan fingerprint density at radius 2 is 0.716 bits per heavy atom. The van der Waals surface area contributed by atoms with Crippen molar-refractivity contribution < 1.29 is 19.0 Å². The first-order valence-electron chi connectivity index (χ1n) is 22.4. The van der Waals surface area contributed by atoms with E-state index in [1.54, 1.807) is 0 Å². The average molecular weight is 889 g/mol. The number of anilines is 6. The molecule has 6 nitrogen and oxygen atoms in total. The maximum atomic E-state index is 16.0. The van der Waals surface area contributed by atoms with Crippen molar-refractivity contribution in [1.82, 2.24) is 0 Å². The summed E-state index contributed by atoms with van der Waals surface area (Å²) in [6.45, 7) is 12.4. The van der Waals surface area contributed by atoms with Crippen molar-refractivity contribution in [2.24, 2.45) is 15.4 Å². The first-order valence-corrected chi connectivity index (χ1v) is 22.4. The Balaban J connectivity index is 0.950. The number of benzene rings is 8. The largest absolute Gasteiger partial charge is 0.507 e. The number of para-hydroxylation sites is 4. The lowest BCUT2D eigenvalue weighted by Gasteiger charge is -2.27. The van der Waals surface area contributed by atoms with Crippen LogP contribution in [0.15, 0.2) is 180 Å². The van der Waals surface area contributed by atoms with Crippen molar-refractivity contribution in [1.29, 1.82) is 0 Å². The lowest BCUT2D eigenvalue weighted by Crippen LogP contribution is -2.19. The van der Waals surface area contributed by atoms with Crippen LogP contribution in [0.2, 0.25) is 0 Å². The van der Waals surface area contributed by atoms with Crippen LogP contribution in [0.5, 0.6) is 11.5 Å². The fourth-order valence-corrected chi connectivity index (χ4v) is 8.77. The molecule has 0 amide bonds. The number of aryl methyl sites for hydroxylation is 4. The van der Waals surface area contributed by atoms with Crippen molar-refractivity contribution in [3.05, 3.63) is 215 Å². The zero-order chi connectivity index (χ0) is 47.2. The fraction of sp³-hybridized carbons (Fsp3) is 0.153. The van der Waals surface area contributed by atoms with Crippen LogP contribution in [0.1, 0.15) is 47.2 Å². The van der Waals surface area contributed by atoms with Gasteiger partial charge >= 0.3 is 0 Å². The number of aromatic hydroxyl groups is 2. The molecule has 0 aliphatic carbocycles. The zero-order valence-electron chi connectivity index (χ0n) is 38.7. The molecule has 0 atom stereocenters. The maximum absolute atomic E-state index is 16.0. The van der Waals surface area contributed by atoms with Crippen LogP contribution in [-0.4, -0.2) is 35.7 Å². The average Bonchev–Trinajstić information content (AvgIpc) is 3.30. The Morgan fingerprint density at radius 3 is 1.00 bits per heavy atom. The van der Waals surface area contributed by atoms with Gasteiger partial charge in [0.1, 0.15) is 23.1 Å². The summed E-state index contributed by atoms with van der Waals surface area (Å²) in [6, 6.07) is 54.1. The number of nitrogens with zero attached hydrogens (tertiary/aromatic N) is 4. The lowest BCUT2D eigenvalue weighted by molar-refractivity contribution is 0.396. The molecular formula is C59H54F2N4O2. The topological polar surface area (TPSA) is 71.7 Å². The van der Waals surface area contributed by atoms with E-state index in [0.717, 1.165) is 67.5 Å². The molecule has 8 rings (SSSR count). The molecule has 0 saturated heterocycles. The zero-order valence-corrected chi connectivity index (χ0v) is 38.7. The molecule has 8 aromatic rings. The molecule has 0 saturated carbocycles. The van der Waals surface area contributed by atoms with Crippen molar-refractivity contribution in [2.45, 2.75) is 41.5 Å². The van der Waals surface area contributed by atoms with E-state index >= 15 is 8.78 Å². The summed E-state index contributed by atoms with van der Waals surface area (Å²) in [6.07, 6.45) is 2.96. The van der Waals surface area contributed by atoms with Crippen LogP contribution in [0.3, 0.4) is 0 Å². The number of phenolic OH excluding ortho intramolecular Hbond substituents is 2. The second-order valence-electron chi connectivity index (χ2n) is 17.8. The number of aliphatic imine (C=N–C) groups is 2. The molecule has 336 valence electrons. The molecule has 0 aromatic heterocycles. The monoisotopic (exact) mass is 888 g/mol. The standard InChI is InChI=1S/C59H54F2N4O2/c1-39-27-49(64(45-19-11-7-12-20-45)46-21-13-8-14-22-46)28-40(2)57(39)51-33-55(66)43(31-53(51)60)35-62-37-59(5,6)38-63-36-44-32-54(61)52(34-56(44)67)58-41(3)29-50(30-42(58)4)65(47-23-15-9-16-24-47)48-25-17-10-18-26-48/h7-36,66-67H,37-38H2,1-6H3/b62-35+,63-36+. The van der Waals surface area contributed by atoms with E-state index in [0.29, 0.717) is 24.2 Å². The minimum absolute atomic E-state index is 0.0855. The first-order chi connectivity index (χ1) is 32.3. The molecular weight excluding hydrogens is 835 g/mol. The van der Waals surface area contributed by atoms with Gasteiger partial charge in [0, 0.05) is 87.3 Å². The summed E-state index contributed by atoms with van der Waals surface area (Å²) >= 11 is 0. The van der Waals surface area contributed by atoms with Crippen molar-refractivity contribution in [3.8, 4) is 33.8 Å². The van der Waals surface area contributed by atoms with Crippen LogP contribution in [0, 0.1) is 44.7 Å². The molecule has 0 radical (unpaired) electrons. The summed E-state index contributed by atoms with van der Waals surface area (Å²) in [5.74, 6) is -1.11. The number of hydrogen-bond donors (Lipinski definition) is 2. The normalized spacial score (nSPS) is 11.7. The molecule has 0 aliphatic heterocycles. The third kappa shape index (κ3) is 10.2. The Labute approximate surface area is 392 Å². The van der Waals surface area contributed by atoms with Crippen molar-refractivity contribution in [2.75, 3.05) is 22.9 Å². The second-order valence-corrected chi connectivity index (χ2v) is 17.8. The van der Waals surface area contributed by atoms with E-state index in [4.69, 9.17) is 0 Å². The third-order valence-corrected chi connectivity index (χ3v) is 11.9. The van der Waals surface area contributed by atoms with Gasteiger partial charge in [-0.15, -0.1) is 0 Å². The summed E-state index contributed by atoms with van der Waals surface area (Å²) in [7, 11) is 0. The Kier molecular flexibility index (Phi) is 13.5. The van der Waals surface area contributed by atoms with E-state index in [2.05, 4.69) is 68.3 Å². The molecule has 0 bridgehead atoms. The predicted molar refractivity (Wildman–Crippen MR) is 274 cm³/mol. The Morgan fingerprint density at radius 1 is 0.433 bits per heavy atom. The van der Waals surface area contributed by atoms with E-state index in [-0.39, 0.29) is 22.6 Å². The highest BCUT2D eigenvalue weighted by Gasteiger charge is 2.22. The van der Waals surface area contributed by atoms with Gasteiger partial charge in [0.05, 0.1) is 0 Å². The highest BCUT2D eigenvalue weighted by atomic mass is 19.1. The number of phenols is 2. The molecule has 0 spiro atoms. The number of rotatable bonds is 14. The van der Waals surface area contributed by atoms with Gasteiger partial charge in [0.25, 0.3) is 0 Å². The SMILES string of the molecule is Cc1cc(N(c2ccccc2)c2ccccc2)cc(C)c1-c1cc(O)c(/C=N/CC(C)(C)C/N=C/c2cc(F)c(-c3c(C)cc(N(c4ccccc4)c4ccccc4)cc3C)cc2O)cc1F. The molecule has 0 unspecified atom stereocenters. The molecule has 0 aliphatic rings. The number of hydrogen-bond acceptors (Lipinski definition) is 6. The van der Waals surface area contributed by atoms with Gasteiger partial charge in [-0.2, -0.15) is 0 Å². The third-order valence-electron chi connectivity index (χ3n) is 11.9. The van der Waals surface area contributed by atoms with Crippen LogP contribution < -0.4 is 9.80 Å². The van der Waals surface area contributed by atoms with Gasteiger partial charge in [-0.1, -0.05) is 86.6 Å². The summed E-state index contributed by atoms with van der Waals surface area (Å²) in [4.78, 5) is 13.5. The van der Waals surface area contributed by atoms with Gasteiger partial charge in [0.2, 0.25) is 0 Å². The van der Waals surface area contributed by atoms with E-state index in [1.165, 1.54) is 36.7 Å². The van der Waals surface area contributed by atoms with Gasteiger partial charge in [-0.05, 0) is 158 Å².